The monoisotopic (exact) mass is 243 g/mol. The first-order chi connectivity index (χ1) is 6.73. The molecule has 15 heavy (non-hydrogen) atoms. The van der Waals surface area contributed by atoms with Crippen molar-refractivity contribution < 1.29 is 39.9 Å². The number of aliphatic hydroxyl groups is 2. The van der Waals surface area contributed by atoms with Gasteiger partial charge in [0.2, 0.25) is 0 Å². The summed E-state index contributed by atoms with van der Waals surface area (Å²) in [6.07, 6.45) is -5.66. The van der Waals surface area contributed by atoms with E-state index in [2.05, 4.69) is 12.8 Å². The third-order valence-electron chi connectivity index (χ3n) is 0.901. The third kappa shape index (κ3) is 8.80. The maximum atomic E-state index is 9.77. The molecular formula is C5H9NO8S. The average Bonchev–Trinajstić information content (AvgIpc) is 2.16. The lowest BCUT2D eigenvalue weighted by Gasteiger charge is -2.07. The van der Waals surface area contributed by atoms with Gasteiger partial charge in [-0.15, -0.1) is 0 Å². The molecule has 0 radical (unpaired) electrons. The van der Waals surface area contributed by atoms with Gasteiger partial charge in [0, 0.05) is 0 Å². The topological polar surface area (TPSA) is 164 Å². The van der Waals surface area contributed by atoms with E-state index in [0.29, 0.717) is 0 Å². The van der Waals surface area contributed by atoms with Crippen LogP contribution in [0.3, 0.4) is 0 Å². The lowest BCUT2D eigenvalue weighted by molar-refractivity contribution is -0.165. The number of thiol groups is 1. The Balaban J connectivity index is 0. The standard InChI is InChI=1S/C4H6O6.CH3NO2S/c5-1(3(7)8)2(6)4(9)10;3-1(4)2-5/h1-2,5-6H,(H,7,8)(H,9,10);2,5H,(H,3,4)/t1-,2-;/m1./s1. The average molecular weight is 243 g/mol. The summed E-state index contributed by atoms with van der Waals surface area (Å²) in [4.78, 5) is 28.7. The molecule has 0 saturated heterocycles. The third-order valence-corrected chi connectivity index (χ3v) is 1.09. The second-order valence-electron chi connectivity index (χ2n) is 1.98. The van der Waals surface area contributed by atoms with Crippen molar-refractivity contribution in [3.8, 4) is 0 Å². The van der Waals surface area contributed by atoms with Gasteiger partial charge in [-0.2, -0.15) is 0 Å². The Morgan fingerprint density at radius 1 is 0.933 bits per heavy atom. The zero-order valence-corrected chi connectivity index (χ0v) is 7.96. The number of hydrogen-bond donors (Lipinski definition) is 7. The Morgan fingerprint density at radius 3 is 1.20 bits per heavy atom. The summed E-state index contributed by atoms with van der Waals surface area (Å²) in [6.45, 7) is 0. The Morgan fingerprint density at radius 2 is 1.13 bits per heavy atom. The summed E-state index contributed by atoms with van der Waals surface area (Å²) in [6, 6.07) is 0. The van der Waals surface area contributed by atoms with Gasteiger partial charge in [-0.25, -0.2) is 14.4 Å². The molecule has 0 heterocycles. The van der Waals surface area contributed by atoms with Crippen LogP contribution in [0.5, 0.6) is 0 Å². The Labute approximate surface area is 88.5 Å². The molecular weight excluding hydrogens is 234 g/mol. The summed E-state index contributed by atoms with van der Waals surface area (Å²) < 4.78 is 1.64. The number of hydrogen-bond acceptors (Lipinski definition) is 6. The van der Waals surface area contributed by atoms with Crippen molar-refractivity contribution in [2.45, 2.75) is 12.2 Å². The Hall–Kier alpha value is -1.52. The van der Waals surface area contributed by atoms with Crippen molar-refractivity contribution in [1.82, 2.24) is 4.72 Å². The minimum Gasteiger partial charge on any atom is -0.479 e. The first-order valence-electron chi connectivity index (χ1n) is 3.18. The highest BCUT2D eigenvalue weighted by Crippen LogP contribution is 1.92. The first kappa shape index (κ1) is 15.9. The smallest absolute Gasteiger partial charge is 0.414 e. The van der Waals surface area contributed by atoms with Crippen LogP contribution in [0.15, 0.2) is 0 Å². The number of amides is 1. The molecule has 0 fully saturated rings. The number of aliphatic carboxylic acids is 2. The quantitative estimate of drug-likeness (QED) is 0.279. The van der Waals surface area contributed by atoms with Gasteiger partial charge in [0.25, 0.3) is 0 Å². The van der Waals surface area contributed by atoms with Gasteiger partial charge >= 0.3 is 18.0 Å². The van der Waals surface area contributed by atoms with E-state index in [0.717, 1.165) is 0 Å². The number of carbonyl (C=O) groups is 3. The molecule has 9 nitrogen and oxygen atoms in total. The van der Waals surface area contributed by atoms with Gasteiger partial charge in [-0.05, 0) is 0 Å². The lowest BCUT2D eigenvalue weighted by atomic mass is 10.2. The second-order valence-corrected chi connectivity index (χ2v) is 2.21. The van der Waals surface area contributed by atoms with Crippen molar-refractivity contribution in [3.63, 3.8) is 0 Å². The van der Waals surface area contributed by atoms with E-state index in [4.69, 9.17) is 25.5 Å². The van der Waals surface area contributed by atoms with Crippen molar-refractivity contribution in [3.05, 3.63) is 0 Å². The minimum absolute atomic E-state index is 1.13. The molecule has 0 aliphatic rings. The van der Waals surface area contributed by atoms with E-state index >= 15 is 0 Å². The normalized spacial score (nSPS) is 12.7. The molecule has 0 aromatic carbocycles. The van der Waals surface area contributed by atoms with Crippen LogP contribution in [0.2, 0.25) is 0 Å². The fraction of sp³-hybridized carbons (Fsp3) is 0.400. The zero-order chi connectivity index (χ0) is 12.6. The van der Waals surface area contributed by atoms with E-state index in [1.807, 2.05) is 0 Å². The van der Waals surface area contributed by atoms with Crippen LogP contribution in [0, 0.1) is 0 Å². The molecule has 88 valence electrons. The number of nitrogens with one attached hydrogen (secondary N) is 1. The summed E-state index contributed by atoms with van der Waals surface area (Å²) in [5.74, 6) is -3.54. The summed E-state index contributed by atoms with van der Waals surface area (Å²) in [5.41, 5.74) is 0. The molecule has 0 spiro atoms. The SMILES string of the molecule is O=C(O)NS.O=C(O)[C@H](O)[C@@H](O)C(=O)O. The lowest BCUT2D eigenvalue weighted by Crippen LogP contribution is -2.39. The summed E-state index contributed by atoms with van der Waals surface area (Å²) in [7, 11) is 0. The van der Waals surface area contributed by atoms with Crippen LogP contribution in [0.25, 0.3) is 0 Å². The summed E-state index contributed by atoms with van der Waals surface area (Å²) in [5, 5.41) is 40.1. The highest BCUT2D eigenvalue weighted by Gasteiger charge is 2.29. The zero-order valence-electron chi connectivity index (χ0n) is 7.06. The van der Waals surface area contributed by atoms with Crippen molar-refractivity contribution in [2.75, 3.05) is 0 Å². The molecule has 0 bridgehead atoms. The maximum Gasteiger partial charge on any atom is 0.414 e. The van der Waals surface area contributed by atoms with Crippen molar-refractivity contribution >= 4 is 30.8 Å². The molecule has 0 aliphatic heterocycles. The molecule has 1 amide bonds. The van der Waals surface area contributed by atoms with Crippen LogP contribution >= 0.6 is 12.8 Å². The van der Waals surface area contributed by atoms with Crippen LogP contribution in [0.1, 0.15) is 0 Å². The molecule has 0 unspecified atom stereocenters. The fourth-order valence-corrected chi connectivity index (χ4v) is 0.270. The minimum atomic E-state index is -2.27. The van der Waals surface area contributed by atoms with Crippen LogP contribution in [-0.2, 0) is 9.59 Å². The highest BCUT2D eigenvalue weighted by molar-refractivity contribution is 7.78. The van der Waals surface area contributed by atoms with E-state index in [1.54, 1.807) is 4.72 Å². The van der Waals surface area contributed by atoms with E-state index in [-0.39, 0.29) is 0 Å². The van der Waals surface area contributed by atoms with Gasteiger partial charge in [0.05, 0.1) is 0 Å². The van der Waals surface area contributed by atoms with Crippen molar-refractivity contribution in [2.24, 2.45) is 0 Å². The fourth-order valence-electron chi connectivity index (χ4n) is 0.270. The summed E-state index contributed by atoms with van der Waals surface area (Å²) >= 11 is 3.17. The molecule has 2 atom stereocenters. The molecule has 0 aromatic rings. The van der Waals surface area contributed by atoms with Gasteiger partial charge in [0.15, 0.2) is 12.2 Å². The van der Waals surface area contributed by atoms with E-state index in [9.17, 15) is 14.4 Å². The van der Waals surface area contributed by atoms with E-state index in [1.165, 1.54) is 0 Å². The Kier molecular flexibility index (Phi) is 8.33. The molecule has 0 aliphatic carbocycles. The predicted octanol–water partition coefficient (Wildman–Crippen LogP) is -2.02. The number of carboxylic acids is 2. The van der Waals surface area contributed by atoms with Crippen LogP contribution in [0.4, 0.5) is 4.79 Å². The van der Waals surface area contributed by atoms with Gasteiger partial charge < -0.3 is 25.5 Å². The second kappa shape index (κ2) is 7.84. The predicted molar refractivity (Wildman–Crippen MR) is 47.4 cm³/mol. The molecule has 10 heteroatoms. The first-order valence-corrected chi connectivity index (χ1v) is 3.63. The van der Waals surface area contributed by atoms with Gasteiger partial charge in [0.1, 0.15) is 0 Å². The van der Waals surface area contributed by atoms with E-state index < -0.39 is 30.2 Å². The number of aliphatic hydroxyl groups excluding tert-OH is 2. The highest BCUT2D eigenvalue weighted by atomic mass is 32.1. The molecule has 0 rings (SSSR count). The molecule has 0 aromatic heterocycles. The van der Waals surface area contributed by atoms with Crippen molar-refractivity contribution in [1.29, 1.82) is 0 Å². The van der Waals surface area contributed by atoms with Gasteiger partial charge in [-0.3, -0.25) is 4.72 Å². The number of rotatable bonds is 3. The van der Waals surface area contributed by atoms with Gasteiger partial charge in [-0.1, -0.05) is 12.8 Å². The van der Waals surface area contributed by atoms with Crippen LogP contribution < -0.4 is 4.72 Å². The van der Waals surface area contributed by atoms with Crippen LogP contribution in [-0.4, -0.2) is 55.8 Å². The Bertz CT molecular complexity index is 225. The molecule has 6 N–H and O–H groups in total. The number of carboxylic acid groups (broad SMARTS) is 3. The maximum absolute atomic E-state index is 9.77. The largest absolute Gasteiger partial charge is 0.479 e. The molecule has 0 saturated carbocycles.